The number of likely N-dealkylation sites (tertiary alicyclic amines) is 1. The molecule has 0 aromatic heterocycles. The summed E-state index contributed by atoms with van der Waals surface area (Å²) in [5.74, 6) is -0.0589. The monoisotopic (exact) mass is 264 g/mol. The fourth-order valence-corrected chi connectivity index (χ4v) is 3.04. The average Bonchev–Trinajstić information content (AvgIpc) is 2.46. The number of allylic oxidation sites excluding steroid dienone is 2. The lowest BCUT2D eigenvalue weighted by molar-refractivity contribution is -0.145. The van der Waals surface area contributed by atoms with Crippen molar-refractivity contribution in [3.8, 4) is 0 Å². The van der Waals surface area contributed by atoms with Gasteiger partial charge in [0.25, 0.3) is 0 Å². The molecular weight excluding hydrogens is 240 g/mol. The molecule has 0 saturated carbocycles. The van der Waals surface area contributed by atoms with Crippen LogP contribution in [0, 0.1) is 11.8 Å². The number of rotatable bonds is 2. The Kier molecular flexibility index (Phi) is 4.61. The van der Waals surface area contributed by atoms with E-state index in [1.165, 1.54) is 6.42 Å². The normalized spacial score (nSPS) is 27.2. The molecule has 0 radical (unpaired) electrons. The van der Waals surface area contributed by atoms with E-state index in [0.29, 0.717) is 12.8 Å². The fraction of sp³-hybridized carbons (Fsp3) is 0.733. The lowest BCUT2D eigenvalue weighted by atomic mass is 9.81. The highest BCUT2D eigenvalue weighted by Gasteiger charge is 2.37. The Bertz CT molecular complexity index is 370. The summed E-state index contributed by atoms with van der Waals surface area (Å²) in [5.41, 5.74) is 0. The molecule has 1 aliphatic heterocycles. The third kappa shape index (κ3) is 3.17. The average molecular weight is 264 g/mol. The molecule has 0 unspecified atom stereocenters. The highest BCUT2D eigenvalue weighted by molar-refractivity contribution is 5.88. The molecule has 2 aliphatic rings. The highest BCUT2D eigenvalue weighted by Crippen LogP contribution is 2.29. The molecule has 0 N–H and O–H groups in total. The number of carbonyl (C=O) groups is 2. The van der Waals surface area contributed by atoms with Gasteiger partial charge in [0.15, 0.2) is 0 Å². The zero-order valence-electron chi connectivity index (χ0n) is 12.0. The Morgan fingerprint density at radius 2 is 1.58 bits per heavy atom. The second-order valence-electron chi connectivity index (χ2n) is 5.77. The van der Waals surface area contributed by atoms with Gasteiger partial charge >= 0.3 is 0 Å². The van der Waals surface area contributed by atoms with Crippen LogP contribution in [-0.2, 0) is 9.59 Å². The van der Waals surface area contributed by atoms with Gasteiger partial charge in [-0.25, -0.2) is 0 Å². The zero-order valence-corrected chi connectivity index (χ0v) is 12.0. The van der Waals surface area contributed by atoms with E-state index in [2.05, 4.69) is 0 Å². The number of hydrogen-bond acceptors (Lipinski definition) is 2. The van der Waals surface area contributed by atoms with Crippen molar-refractivity contribution in [2.45, 2.75) is 32.1 Å². The number of amides is 2. The molecule has 1 saturated heterocycles. The van der Waals surface area contributed by atoms with Gasteiger partial charge in [-0.05, 0) is 32.1 Å². The van der Waals surface area contributed by atoms with Crippen LogP contribution in [-0.4, -0.2) is 48.8 Å². The molecule has 4 nitrogen and oxygen atoms in total. The van der Waals surface area contributed by atoms with Crippen LogP contribution < -0.4 is 0 Å². The first-order valence-corrected chi connectivity index (χ1v) is 7.26. The number of nitrogens with zero attached hydrogens (tertiary/aromatic N) is 2. The molecule has 0 aromatic carbocycles. The second-order valence-corrected chi connectivity index (χ2v) is 5.77. The Morgan fingerprint density at radius 3 is 2.16 bits per heavy atom. The van der Waals surface area contributed by atoms with Crippen LogP contribution >= 0.6 is 0 Å². The van der Waals surface area contributed by atoms with Gasteiger partial charge in [-0.2, -0.15) is 0 Å². The molecule has 2 amide bonds. The number of hydrogen-bond donors (Lipinski definition) is 0. The van der Waals surface area contributed by atoms with E-state index in [1.54, 1.807) is 19.0 Å². The van der Waals surface area contributed by atoms with Crippen LogP contribution in [0.25, 0.3) is 0 Å². The molecular formula is C15H24N2O2. The van der Waals surface area contributed by atoms with E-state index >= 15 is 0 Å². The molecule has 19 heavy (non-hydrogen) atoms. The van der Waals surface area contributed by atoms with Crippen LogP contribution in [0.4, 0.5) is 0 Å². The minimum atomic E-state index is -0.172. The first kappa shape index (κ1) is 14.1. The summed E-state index contributed by atoms with van der Waals surface area (Å²) in [6, 6.07) is 0. The van der Waals surface area contributed by atoms with Crippen molar-refractivity contribution in [3.05, 3.63) is 12.2 Å². The lowest BCUT2D eigenvalue weighted by Crippen LogP contribution is -2.46. The summed E-state index contributed by atoms with van der Waals surface area (Å²) in [6.07, 6.45) is 8.90. The zero-order chi connectivity index (χ0) is 13.8. The van der Waals surface area contributed by atoms with Crippen LogP contribution in [0.15, 0.2) is 12.2 Å². The van der Waals surface area contributed by atoms with E-state index in [9.17, 15) is 9.59 Å². The second kappa shape index (κ2) is 6.22. The van der Waals surface area contributed by atoms with Gasteiger partial charge in [-0.15, -0.1) is 0 Å². The van der Waals surface area contributed by atoms with Gasteiger partial charge in [0.2, 0.25) is 11.8 Å². The van der Waals surface area contributed by atoms with Gasteiger partial charge < -0.3 is 9.80 Å². The van der Waals surface area contributed by atoms with Crippen LogP contribution in [0.5, 0.6) is 0 Å². The molecule has 4 heteroatoms. The summed E-state index contributed by atoms with van der Waals surface area (Å²) in [6.45, 7) is 1.73. The number of carbonyl (C=O) groups excluding carboxylic acids is 2. The molecule has 1 fully saturated rings. The third-order valence-corrected chi connectivity index (χ3v) is 4.18. The van der Waals surface area contributed by atoms with Crippen LogP contribution in [0.2, 0.25) is 0 Å². The van der Waals surface area contributed by atoms with Gasteiger partial charge in [-0.1, -0.05) is 12.2 Å². The molecule has 0 bridgehead atoms. The topological polar surface area (TPSA) is 40.6 Å². The standard InChI is InChI=1S/C15H24N2O2/c1-16(2)14(18)12-8-4-5-9-13(12)15(19)17-10-6-3-7-11-17/h4-5,12-13H,3,6-11H2,1-2H3/t12-,13-/m1/s1. The van der Waals surface area contributed by atoms with Crippen LogP contribution in [0.1, 0.15) is 32.1 Å². The minimum Gasteiger partial charge on any atom is -0.349 e. The van der Waals surface area contributed by atoms with Crippen molar-refractivity contribution in [1.82, 2.24) is 9.80 Å². The van der Waals surface area contributed by atoms with Crippen LogP contribution in [0.3, 0.4) is 0 Å². The minimum absolute atomic E-state index is 0.0831. The maximum absolute atomic E-state index is 12.6. The smallest absolute Gasteiger partial charge is 0.226 e. The quantitative estimate of drug-likeness (QED) is 0.712. The van der Waals surface area contributed by atoms with E-state index in [-0.39, 0.29) is 23.7 Å². The summed E-state index contributed by atoms with van der Waals surface area (Å²) in [7, 11) is 3.53. The van der Waals surface area contributed by atoms with Gasteiger partial charge in [0, 0.05) is 27.2 Å². The van der Waals surface area contributed by atoms with Gasteiger partial charge in [0.1, 0.15) is 0 Å². The lowest BCUT2D eigenvalue weighted by Gasteiger charge is -2.35. The summed E-state index contributed by atoms with van der Waals surface area (Å²) in [4.78, 5) is 28.4. The molecule has 1 aliphatic carbocycles. The third-order valence-electron chi connectivity index (χ3n) is 4.18. The molecule has 106 valence electrons. The Morgan fingerprint density at radius 1 is 1.00 bits per heavy atom. The molecule has 1 heterocycles. The van der Waals surface area contributed by atoms with Gasteiger partial charge in [0.05, 0.1) is 11.8 Å². The van der Waals surface area contributed by atoms with Crippen molar-refractivity contribution >= 4 is 11.8 Å². The maximum Gasteiger partial charge on any atom is 0.226 e. The van der Waals surface area contributed by atoms with E-state index in [0.717, 1.165) is 25.9 Å². The SMILES string of the molecule is CN(C)C(=O)[C@@H]1CC=CC[C@H]1C(=O)N1CCCCC1. The number of piperidine rings is 1. The van der Waals surface area contributed by atoms with Crippen molar-refractivity contribution in [1.29, 1.82) is 0 Å². The van der Waals surface area contributed by atoms with Crippen molar-refractivity contribution < 1.29 is 9.59 Å². The summed E-state index contributed by atoms with van der Waals surface area (Å²) >= 11 is 0. The van der Waals surface area contributed by atoms with Crippen molar-refractivity contribution in [3.63, 3.8) is 0 Å². The Labute approximate surface area is 115 Å². The van der Waals surface area contributed by atoms with Crippen molar-refractivity contribution in [2.75, 3.05) is 27.2 Å². The highest BCUT2D eigenvalue weighted by atomic mass is 16.2. The van der Waals surface area contributed by atoms with Gasteiger partial charge in [-0.3, -0.25) is 9.59 Å². The molecule has 0 spiro atoms. The Balaban J connectivity index is 2.08. The first-order chi connectivity index (χ1) is 9.11. The Hall–Kier alpha value is -1.32. The molecule has 2 atom stereocenters. The van der Waals surface area contributed by atoms with Crippen molar-refractivity contribution in [2.24, 2.45) is 11.8 Å². The maximum atomic E-state index is 12.6. The first-order valence-electron chi connectivity index (χ1n) is 7.26. The largest absolute Gasteiger partial charge is 0.349 e. The van der Waals surface area contributed by atoms with E-state index in [4.69, 9.17) is 0 Å². The van der Waals surface area contributed by atoms with E-state index < -0.39 is 0 Å². The summed E-state index contributed by atoms with van der Waals surface area (Å²) in [5, 5.41) is 0. The molecule has 0 aromatic rings. The summed E-state index contributed by atoms with van der Waals surface area (Å²) < 4.78 is 0. The predicted octanol–water partition coefficient (Wildman–Crippen LogP) is 1.67. The molecule has 2 rings (SSSR count). The predicted molar refractivity (Wildman–Crippen MR) is 74.5 cm³/mol. The fourth-order valence-electron chi connectivity index (χ4n) is 3.04. The van der Waals surface area contributed by atoms with E-state index in [1.807, 2.05) is 17.1 Å².